The van der Waals surface area contributed by atoms with E-state index in [-0.39, 0.29) is 16.8 Å². The van der Waals surface area contributed by atoms with E-state index in [9.17, 15) is 13.2 Å². The van der Waals surface area contributed by atoms with Gasteiger partial charge in [0.2, 0.25) is 0 Å². The van der Waals surface area contributed by atoms with Crippen LogP contribution in [0.3, 0.4) is 0 Å². The van der Waals surface area contributed by atoms with Crippen LogP contribution in [0, 0.1) is 5.92 Å². The molecule has 2 unspecified atom stereocenters. The lowest BCUT2D eigenvalue weighted by Gasteiger charge is -2.36. The van der Waals surface area contributed by atoms with E-state index in [0.717, 1.165) is 12.8 Å². The molecule has 1 amide bonds. The zero-order valence-corrected chi connectivity index (χ0v) is 15.0. The highest BCUT2D eigenvalue weighted by atomic mass is 79.9. The van der Waals surface area contributed by atoms with Gasteiger partial charge in [0, 0.05) is 33.3 Å². The van der Waals surface area contributed by atoms with Gasteiger partial charge in [-0.1, -0.05) is 6.92 Å². The predicted octanol–water partition coefficient (Wildman–Crippen LogP) is 3.64. The average molecular weight is 395 g/mol. The quantitative estimate of drug-likeness (QED) is 0.720. The molecule has 116 valence electrons. The Labute approximate surface area is 138 Å². The van der Waals surface area contributed by atoms with Gasteiger partial charge in [0.25, 0.3) is 15.0 Å². The topological polar surface area (TPSA) is 54.5 Å². The number of carbonyl (C=O) groups is 1. The van der Waals surface area contributed by atoms with Crippen molar-refractivity contribution in [1.82, 2.24) is 4.90 Å². The van der Waals surface area contributed by atoms with Crippen LogP contribution in [-0.2, 0) is 9.05 Å². The number of piperidine rings is 1. The largest absolute Gasteiger partial charge is 0.336 e. The second-order valence-electron chi connectivity index (χ2n) is 5.56. The van der Waals surface area contributed by atoms with Gasteiger partial charge in [0.1, 0.15) is 0 Å². The molecule has 1 saturated heterocycles. The average Bonchev–Trinajstić information content (AvgIpc) is 2.37. The first-order valence-electron chi connectivity index (χ1n) is 6.75. The molecule has 1 aromatic carbocycles. The standard InChI is InChI=1S/C14H17BrClNO3S/c1-9-5-6-17(10(2)7-9)14(18)11-3-4-12(15)13(8-11)21(16,19)20/h3-4,8-10H,5-7H2,1-2H3. The van der Waals surface area contributed by atoms with Crippen molar-refractivity contribution in [2.75, 3.05) is 6.54 Å². The molecular formula is C14H17BrClNO3S. The first-order chi connectivity index (χ1) is 9.70. The molecule has 0 radical (unpaired) electrons. The minimum atomic E-state index is -3.89. The van der Waals surface area contributed by atoms with Crippen LogP contribution >= 0.6 is 26.6 Å². The van der Waals surface area contributed by atoms with Crippen LogP contribution in [0.1, 0.15) is 37.0 Å². The summed E-state index contributed by atoms with van der Waals surface area (Å²) >= 11 is 3.14. The van der Waals surface area contributed by atoms with Crippen molar-refractivity contribution in [2.45, 2.75) is 37.6 Å². The number of hydrogen-bond acceptors (Lipinski definition) is 3. The van der Waals surface area contributed by atoms with Gasteiger partial charge in [0.05, 0.1) is 4.90 Å². The van der Waals surface area contributed by atoms with Crippen LogP contribution < -0.4 is 0 Å². The Hall–Kier alpha value is -0.590. The van der Waals surface area contributed by atoms with Crippen molar-refractivity contribution in [3.63, 3.8) is 0 Å². The first kappa shape index (κ1) is 16.8. The number of likely N-dealkylation sites (tertiary alicyclic amines) is 1. The summed E-state index contributed by atoms with van der Waals surface area (Å²) in [5.74, 6) is 0.455. The third-order valence-electron chi connectivity index (χ3n) is 3.84. The van der Waals surface area contributed by atoms with E-state index in [1.807, 2.05) is 6.92 Å². The molecule has 1 aliphatic heterocycles. The summed E-state index contributed by atoms with van der Waals surface area (Å²) in [5, 5.41) is 0. The van der Waals surface area contributed by atoms with Gasteiger partial charge in [-0.05, 0) is 59.8 Å². The van der Waals surface area contributed by atoms with Crippen LogP contribution in [0.15, 0.2) is 27.6 Å². The molecular weight excluding hydrogens is 378 g/mol. The molecule has 1 aromatic rings. The van der Waals surface area contributed by atoms with E-state index < -0.39 is 9.05 Å². The monoisotopic (exact) mass is 393 g/mol. The Morgan fingerprint density at radius 1 is 1.38 bits per heavy atom. The maximum Gasteiger partial charge on any atom is 0.262 e. The Kier molecular flexibility index (Phi) is 5.00. The zero-order valence-electron chi connectivity index (χ0n) is 11.8. The van der Waals surface area contributed by atoms with Crippen LogP contribution in [0.2, 0.25) is 0 Å². The maximum atomic E-state index is 12.6. The van der Waals surface area contributed by atoms with Gasteiger partial charge in [-0.25, -0.2) is 8.42 Å². The zero-order chi connectivity index (χ0) is 15.8. The Bertz CT molecular complexity index is 662. The lowest BCUT2D eigenvalue weighted by atomic mass is 9.93. The smallest absolute Gasteiger partial charge is 0.262 e. The van der Waals surface area contributed by atoms with Gasteiger partial charge in [0.15, 0.2) is 0 Å². The molecule has 21 heavy (non-hydrogen) atoms. The Morgan fingerprint density at radius 3 is 2.62 bits per heavy atom. The molecule has 1 heterocycles. The van der Waals surface area contributed by atoms with Gasteiger partial charge in [-0.3, -0.25) is 4.79 Å². The van der Waals surface area contributed by atoms with E-state index in [2.05, 4.69) is 22.9 Å². The molecule has 0 aromatic heterocycles. The fourth-order valence-corrected chi connectivity index (χ4v) is 4.82. The van der Waals surface area contributed by atoms with Gasteiger partial charge < -0.3 is 4.90 Å². The maximum absolute atomic E-state index is 12.6. The van der Waals surface area contributed by atoms with Crippen molar-refractivity contribution >= 4 is 41.6 Å². The number of rotatable bonds is 2. The SMILES string of the molecule is CC1CCN(C(=O)c2ccc(Br)c(S(=O)(=O)Cl)c2)C(C)C1. The summed E-state index contributed by atoms with van der Waals surface area (Å²) < 4.78 is 23.4. The first-order valence-corrected chi connectivity index (χ1v) is 9.85. The molecule has 1 fully saturated rings. The highest BCUT2D eigenvalue weighted by Gasteiger charge is 2.28. The summed E-state index contributed by atoms with van der Waals surface area (Å²) in [6.07, 6.45) is 1.93. The summed E-state index contributed by atoms with van der Waals surface area (Å²) in [4.78, 5) is 14.3. The lowest BCUT2D eigenvalue weighted by Crippen LogP contribution is -2.44. The summed E-state index contributed by atoms with van der Waals surface area (Å²) in [6, 6.07) is 4.64. The normalized spacial score (nSPS) is 23.1. The molecule has 1 aliphatic rings. The van der Waals surface area contributed by atoms with Gasteiger partial charge in [-0.15, -0.1) is 0 Å². The molecule has 0 bridgehead atoms. The van der Waals surface area contributed by atoms with E-state index in [1.54, 1.807) is 17.0 Å². The van der Waals surface area contributed by atoms with Crippen molar-refractivity contribution in [3.8, 4) is 0 Å². The van der Waals surface area contributed by atoms with E-state index >= 15 is 0 Å². The number of hydrogen-bond donors (Lipinski definition) is 0. The second kappa shape index (κ2) is 6.26. The molecule has 7 heteroatoms. The van der Waals surface area contributed by atoms with Gasteiger partial charge >= 0.3 is 0 Å². The minimum Gasteiger partial charge on any atom is -0.336 e. The fraction of sp³-hybridized carbons (Fsp3) is 0.500. The van der Waals surface area contributed by atoms with Crippen molar-refractivity contribution in [2.24, 2.45) is 5.92 Å². The number of benzene rings is 1. The van der Waals surface area contributed by atoms with Crippen molar-refractivity contribution in [1.29, 1.82) is 0 Å². The van der Waals surface area contributed by atoms with Crippen molar-refractivity contribution in [3.05, 3.63) is 28.2 Å². The number of carbonyl (C=O) groups excluding carboxylic acids is 1. The third-order valence-corrected chi connectivity index (χ3v) is 6.16. The molecule has 2 atom stereocenters. The predicted molar refractivity (Wildman–Crippen MR) is 86.1 cm³/mol. The summed E-state index contributed by atoms with van der Waals surface area (Å²) in [7, 11) is 1.50. The molecule has 0 spiro atoms. The van der Waals surface area contributed by atoms with Crippen LogP contribution in [0.4, 0.5) is 0 Å². The molecule has 2 rings (SSSR count). The van der Waals surface area contributed by atoms with Crippen LogP contribution in [0.25, 0.3) is 0 Å². The van der Waals surface area contributed by atoms with Gasteiger partial charge in [-0.2, -0.15) is 0 Å². The molecule has 0 N–H and O–H groups in total. The number of nitrogens with zero attached hydrogens (tertiary/aromatic N) is 1. The minimum absolute atomic E-state index is 0.0759. The summed E-state index contributed by atoms with van der Waals surface area (Å²) in [6.45, 7) is 4.89. The lowest BCUT2D eigenvalue weighted by molar-refractivity contribution is 0.0588. The number of halogens is 2. The fourth-order valence-electron chi connectivity index (χ4n) is 2.70. The summed E-state index contributed by atoms with van der Waals surface area (Å²) in [5.41, 5.74) is 0.346. The van der Waals surface area contributed by atoms with E-state index in [1.165, 1.54) is 6.07 Å². The van der Waals surface area contributed by atoms with E-state index in [0.29, 0.717) is 22.5 Å². The highest BCUT2D eigenvalue weighted by molar-refractivity contribution is 9.10. The van der Waals surface area contributed by atoms with Crippen LogP contribution in [0.5, 0.6) is 0 Å². The Morgan fingerprint density at radius 2 is 2.05 bits per heavy atom. The highest BCUT2D eigenvalue weighted by Crippen LogP contribution is 2.28. The number of amides is 1. The van der Waals surface area contributed by atoms with E-state index in [4.69, 9.17) is 10.7 Å². The second-order valence-corrected chi connectivity index (χ2v) is 8.95. The molecule has 4 nitrogen and oxygen atoms in total. The molecule has 0 saturated carbocycles. The Balaban J connectivity index is 2.32. The van der Waals surface area contributed by atoms with Crippen molar-refractivity contribution < 1.29 is 13.2 Å². The van der Waals surface area contributed by atoms with Crippen LogP contribution in [-0.4, -0.2) is 31.8 Å². The third kappa shape index (κ3) is 3.79. The molecule has 0 aliphatic carbocycles.